The van der Waals surface area contributed by atoms with Crippen molar-refractivity contribution in [1.82, 2.24) is 10.5 Å². The van der Waals surface area contributed by atoms with Crippen molar-refractivity contribution in [3.63, 3.8) is 0 Å². The van der Waals surface area contributed by atoms with Crippen molar-refractivity contribution < 1.29 is 17.7 Å². The fourth-order valence-corrected chi connectivity index (χ4v) is 3.56. The molecule has 1 aromatic heterocycles. The molecule has 0 bridgehead atoms. The maximum absolute atomic E-state index is 12.4. The Morgan fingerprint density at radius 2 is 2.04 bits per heavy atom. The van der Waals surface area contributed by atoms with Gasteiger partial charge >= 0.3 is 0 Å². The number of aromatic nitrogens is 1. The molecule has 7 nitrogen and oxygen atoms in total. The normalized spacial score (nSPS) is 16.7. The summed E-state index contributed by atoms with van der Waals surface area (Å²) >= 11 is 6.07. The molecule has 27 heavy (non-hydrogen) atoms. The average molecular weight is 414 g/mol. The van der Waals surface area contributed by atoms with Crippen LogP contribution in [0.4, 0.5) is 5.82 Å². The number of nitrogens with zero attached hydrogens (tertiary/aromatic N) is 2. The van der Waals surface area contributed by atoms with Crippen molar-refractivity contribution in [2.75, 3.05) is 30.8 Å². The van der Waals surface area contributed by atoms with Crippen LogP contribution in [0.5, 0.6) is 0 Å². The number of carbonyl (C=O) groups is 1. The summed E-state index contributed by atoms with van der Waals surface area (Å²) in [5.41, 5.74) is 0.678. The molecule has 1 aromatic carbocycles. The molecule has 148 valence electrons. The molecule has 3 rings (SSSR count). The SMILES string of the molecule is CC(C)(CNC(=O)C1CCN(c2noc3ccc(Cl)cc23)CC1)S(C)(=O)=O. The third-order valence-electron chi connectivity index (χ3n) is 5.27. The Balaban J connectivity index is 1.60. The van der Waals surface area contributed by atoms with Crippen molar-refractivity contribution in [3.05, 3.63) is 23.2 Å². The fraction of sp³-hybridized carbons (Fsp3) is 0.556. The third-order valence-corrected chi connectivity index (χ3v) is 7.66. The number of hydrogen-bond donors (Lipinski definition) is 1. The van der Waals surface area contributed by atoms with Gasteiger partial charge in [0.1, 0.15) is 0 Å². The van der Waals surface area contributed by atoms with E-state index in [2.05, 4.69) is 15.4 Å². The molecule has 1 N–H and O–H groups in total. The summed E-state index contributed by atoms with van der Waals surface area (Å²) in [5.74, 6) is 0.502. The monoisotopic (exact) mass is 413 g/mol. The topological polar surface area (TPSA) is 92.5 Å². The van der Waals surface area contributed by atoms with Crippen LogP contribution in [0, 0.1) is 5.92 Å². The van der Waals surface area contributed by atoms with Gasteiger partial charge in [0.25, 0.3) is 0 Å². The van der Waals surface area contributed by atoms with Crippen LogP contribution in [0.15, 0.2) is 22.7 Å². The number of nitrogens with one attached hydrogen (secondary N) is 1. The Kier molecular flexibility index (Phi) is 5.40. The lowest BCUT2D eigenvalue weighted by Crippen LogP contribution is -2.47. The lowest BCUT2D eigenvalue weighted by Gasteiger charge is -2.32. The van der Waals surface area contributed by atoms with Gasteiger partial charge in [-0.05, 0) is 44.9 Å². The zero-order chi connectivity index (χ0) is 19.8. The summed E-state index contributed by atoms with van der Waals surface area (Å²) in [4.78, 5) is 14.5. The van der Waals surface area contributed by atoms with E-state index in [9.17, 15) is 13.2 Å². The Hall–Kier alpha value is -1.80. The minimum Gasteiger partial charge on any atom is -0.354 e. The van der Waals surface area contributed by atoms with Crippen LogP contribution < -0.4 is 10.2 Å². The van der Waals surface area contributed by atoms with E-state index in [4.69, 9.17) is 16.1 Å². The van der Waals surface area contributed by atoms with Gasteiger partial charge in [0.2, 0.25) is 5.91 Å². The maximum atomic E-state index is 12.4. The summed E-state index contributed by atoms with van der Waals surface area (Å²) in [6.45, 7) is 4.68. The highest BCUT2D eigenvalue weighted by Crippen LogP contribution is 2.31. The summed E-state index contributed by atoms with van der Waals surface area (Å²) in [6, 6.07) is 5.38. The number of benzene rings is 1. The predicted molar refractivity (Wildman–Crippen MR) is 106 cm³/mol. The van der Waals surface area contributed by atoms with Crippen molar-refractivity contribution in [3.8, 4) is 0 Å². The first-order chi connectivity index (χ1) is 12.6. The number of amides is 1. The van der Waals surface area contributed by atoms with Gasteiger partial charge < -0.3 is 14.7 Å². The molecule has 1 amide bonds. The zero-order valence-electron chi connectivity index (χ0n) is 15.7. The molecular formula is C18H24ClN3O4S. The van der Waals surface area contributed by atoms with E-state index in [0.29, 0.717) is 36.5 Å². The Labute approximate surface area is 163 Å². The average Bonchev–Trinajstić information content (AvgIpc) is 3.02. The van der Waals surface area contributed by atoms with E-state index in [-0.39, 0.29) is 18.4 Å². The van der Waals surface area contributed by atoms with Gasteiger partial charge in [0.15, 0.2) is 21.2 Å². The molecule has 1 aliphatic heterocycles. The molecule has 0 radical (unpaired) electrons. The number of rotatable bonds is 5. The van der Waals surface area contributed by atoms with Crippen LogP contribution in [0.3, 0.4) is 0 Å². The number of sulfone groups is 1. The van der Waals surface area contributed by atoms with Gasteiger partial charge in [-0.25, -0.2) is 8.42 Å². The number of fused-ring (bicyclic) bond motifs is 1. The van der Waals surface area contributed by atoms with Crippen molar-refractivity contribution in [2.24, 2.45) is 5.92 Å². The second kappa shape index (κ2) is 7.31. The molecule has 2 heterocycles. The number of anilines is 1. The minimum atomic E-state index is -3.24. The van der Waals surface area contributed by atoms with Gasteiger partial charge in [-0.1, -0.05) is 16.8 Å². The van der Waals surface area contributed by atoms with Crippen LogP contribution in [0.25, 0.3) is 11.0 Å². The van der Waals surface area contributed by atoms with Crippen molar-refractivity contribution >= 4 is 44.1 Å². The molecule has 1 aliphatic rings. The minimum absolute atomic E-state index is 0.0977. The number of carbonyl (C=O) groups excluding carboxylic acids is 1. The number of halogens is 1. The molecule has 1 saturated heterocycles. The molecule has 0 aliphatic carbocycles. The molecular weight excluding hydrogens is 390 g/mol. The second-order valence-corrected chi connectivity index (χ2v) is 10.7. The second-order valence-electron chi connectivity index (χ2n) is 7.66. The maximum Gasteiger partial charge on any atom is 0.223 e. The van der Waals surface area contributed by atoms with E-state index in [0.717, 1.165) is 11.2 Å². The van der Waals surface area contributed by atoms with Gasteiger partial charge in [-0.15, -0.1) is 0 Å². The van der Waals surface area contributed by atoms with Crippen LogP contribution in [-0.4, -0.2) is 50.1 Å². The van der Waals surface area contributed by atoms with Gasteiger partial charge in [0, 0.05) is 36.8 Å². The zero-order valence-corrected chi connectivity index (χ0v) is 17.2. The van der Waals surface area contributed by atoms with E-state index in [1.807, 2.05) is 6.07 Å². The van der Waals surface area contributed by atoms with Gasteiger partial charge in [0.05, 0.1) is 10.1 Å². The molecule has 0 saturated carbocycles. The van der Waals surface area contributed by atoms with Crippen LogP contribution >= 0.6 is 11.6 Å². The first-order valence-corrected chi connectivity index (χ1v) is 11.1. The molecule has 0 unspecified atom stereocenters. The van der Waals surface area contributed by atoms with E-state index >= 15 is 0 Å². The third kappa shape index (κ3) is 4.21. The highest BCUT2D eigenvalue weighted by Gasteiger charge is 2.33. The predicted octanol–water partition coefficient (Wildman–Crippen LogP) is 2.64. The van der Waals surface area contributed by atoms with Crippen LogP contribution in [0.1, 0.15) is 26.7 Å². The Bertz CT molecular complexity index is 947. The largest absolute Gasteiger partial charge is 0.354 e. The molecule has 9 heteroatoms. The summed E-state index contributed by atoms with van der Waals surface area (Å²) in [6.07, 6.45) is 2.52. The highest BCUT2D eigenvalue weighted by molar-refractivity contribution is 7.92. The fourth-order valence-electron chi connectivity index (χ4n) is 3.06. The molecule has 0 spiro atoms. The van der Waals surface area contributed by atoms with Crippen molar-refractivity contribution in [2.45, 2.75) is 31.4 Å². The van der Waals surface area contributed by atoms with Gasteiger partial charge in [-0.3, -0.25) is 4.79 Å². The first kappa shape index (κ1) is 19.9. The number of piperidine rings is 1. The highest BCUT2D eigenvalue weighted by atomic mass is 35.5. The van der Waals surface area contributed by atoms with Crippen molar-refractivity contribution in [1.29, 1.82) is 0 Å². The smallest absolute Gasteiger partial charge is 0.223 e. The number of hydrogen-bond acceptors (Lipinski definition) is 6. The quantitative estimate of drug-likeness (QED) is 0.809. The molecule has 2 aromatic rings. The lowest BCUT2D eigenvalue weighted by molar-refractivity contribution is -0.125. The summed E-state index contributed by atoms with van der Waals surface area (Å²) < 4.78 is 27.9. The first-order valence-electron chi connectivity index (χ1n) is 8.86. The van der Waals surface area contributed by atoms with Crippen LogP contribution in [0.2, 0.25) is 5.02 Å². The Morgan fingerprint density at radius 1 is 1.37 bits per heavy atom. The van der Waals surface area contributed by atoms with E-state index in [1.54, 1.807) is 26.0 Å². The van der Waals surface area contributed by atoms with E-state index < -0.39 is 14.6 Å². The van der Waals surface area contributed by atoms with Crippen LogP contribution in [-0.2, 0) is 14.6 Å². The molecule has 0 atom stereocenters. The van der Waals surface area contributed by atoms with E-state index in [1.165, 1.54) is 6.26 Å². The summed E-state index contributed by atoms with van der Waals surface area (Å²) in [7, 11) is -3.24. The Morgan fingerprint density at radius 3 is 2.67 bits per heavy atom. The summed E-state index contributed by atoms with van der Waals surface area (Å²) in [5, 5.41) is 8.43. The van der Waals surface area contributed by atoms with Gasteiger partial charge in [-0.2, -0.15) is 0 Å². The standard InChI is InChI=1S/C18H24ClN3O4S/c1-18(2,27(3,24)25)11-20-17(23)12-6-8-22(9-7-12)16-14-10-13(19)4-5-15(14)26-21-16/h4-5,10,12H,6-9,11H2,1-3H3,(H,20,23). The molecule has 1 fully saturated rings. The lowest BCUT2D eigenvalue weighted by atomic mass is 9.95.